The Morgan fingerprint density at radius 3 is 2.77 bits per heavy atom. The van der Waals surface area contributed by atoms with Gasteiger partial charge in [0.1, 0.15) is 15.5 Å². The number of benzene rings is 2. The predicted octanol–water partition coefficient (Wildman–Crippen LogP) is 5.95. The summed E-state index contributed by atoms with van der Waals surface area (Å²) >= 11 is 7.45. The van der Waals surface area contributed by atoms with Crippen molar-refractivity contribution in [3.63, 3.8) is 0 Å². The molecule has 0 atom stereocenters. The molecule has 1 amide bonds. The minimum absolute atomic E-state index is 0.254. The standard InChI is InChI=1S/C24H20ClN3O2S/c1-30-16-5-2-4-15(12-16)27-23(29)22-21(26)20-19(13-8-10-14(25)11-9-13)17-6-3-7-18(17)28-24(20)31-22/h2,4-5,8-12H,3,6-7,26H2,1H3,(H,27,29). The largest absolute Gasteiger partial charge is 0.497 e. The Bertz CT molecular complexity index is 1310. The molecule has 4 aromatic rings. The number of ether oxygens (including phenoxy) is 1. The van der Waals surface area contributed by atoms with Crippen LogP contribution in [0.4, 0.5) is 11.4 Å². The van der Waals surface area contributed by atoms with Gasteiger partial charge in [0.2, 0.25) is 0 Å². The highest BCUT2D eigenvalue weighted by Gasteiger charge is 2.26. The molecule has 31 heavy (non-hydrogen) atoms. The van der Waals surface area contributed by atoms with Crippen molar-refractivity contribution < 1.29 is 9.53 Å². The van der Waals surface area contributed by atoms with E-state index in [-0.39, 0.29) is 5.91 Å². The van der Waals surface area contributed by atoms with Crippen LogP contribution < -0.4 is 15.8 Å². The number of halogens is 1. The van der Waals surface area contributed by atoms with Gasteiger partial charge in [-0.15, -0.1) is 11.3 Å². The highest BCUT2D eigenvalue weighted by atomic mass is 35.5. The molecule has 0 unspecified atom stereocenters. The van der Waals surface area contributed by atoms with Gasteiger partial charge in [-0.05, 0) is 60.2 Å². The number of amides is 1. The summed E-state index contributed by atoms with van der Waals surface area (Å²) in [5.74, 6) is 0.418. The molecule has 0 bridgehead atoms. The van der Waals surface area contributed by atoms with Gasteiger partial charge in [0, 0.05) is 27.9 Å². The Hall–Kier alpha value is -3.09. The second kappa shape index (κ2) is 7.87. The molecule has 0 saturated carbocycles. The lowest BCUT2D eigenvalue weighted by atomic mass is 9.96. The van der Waals surface area contributed by atoms with E-state index in [1.165, 1.54) is 16.9 Å². The van der Waals surface area contributed by atoms with Gasteiger partial charge >= 0.3 is 0 Å². The second-order valence-electron chi connectivity index (χ2n) is 7.48. The van der Waals surface area contributed by atoms with Crippen LogP contribution in [0.25, 0.3) is 21.3 Å². The van der Waals surface area contributed by atoms with Crippen LogP contribution in [0, 0.1) is 0 Å². The van der Waals surface area contributed by atoms with Crippen LogP contribution in [0.2, 0.25) is 5.02 Å². The molecule has 0 aliphatic heterocycles. The molecule has 0 saturated heterocycles. The molecule has 7 heteroatoms. The summed E-state index contributed by atoms with van der Waals surface area (Å²) in [4.78, 5) is 19.2. The molecule has 1 aliphatic rings. The number of carbonyl (C=O) groups excluding carboxylic acids is 1. The van der Waals surface area contributed by atoms with E-state index in [1.807, 2.05) is 42.5 Å². The van der Waals surface area contributed by atoms with Crippen molar-refractivity contribution in [2.45, 2.75) is 19.3 Å². The number of aromatic nitrogens is 1. The highest BCUT2D eigenvalue weighted by molar-refractivity contribution is 7.21. The summed E-state index contributed by atoms with van der Waals surface area (Å²) in [7, 11) is 1.59. The maximum Gasteiger partial charge on any atom is 0.267 e. The number of nitrogens with one attached hydrogen (secondary N) is 1. The summed E-state index contributed by atoms with van der Waals surface area (Å²) in [6.07, 6.45) is 2.97. The van der Waals surface area contributed by atoms with Crippen molar-refractivity contribution in [3.05, 3.63) is 69.7 Å². The van der Waals surface area contributed by atoms with Crippen LogP contribution in [0.5, 0.6) is 5.75 Å². The first-order valence-electron chi connectivity index (χ1n) is 10.00. The minimum Gasteiger partial charge on any atom is -0.497 e. The van der Waals surface area contributed by atoms with E-state index < -0.39 is 0 Å². The van der Waals surface area contributed by atoms with Crippen molar-refractivity contribution in [1.82, 2.24) is 4.98 Å². The number of nitrogens with zero attached hydrogens (tertiary/aromatic N) is 1. The van der Waals surface area contributed by atoms with Gasteiger partial charge in [-0.3, -0.25) is 4.79 Å². The van der Waals surface area contributed by atoms with Crippen molar-refractivity contribution in [3.8, 4) is 16.9 Å². The van der Waals surface area contributed by atoms with Gasteiger partial charge < -0.3 is 15.8 Å². The Morgan fingerprint density at radius 2 is 2.00 bits per heavy atom. The van der Waals surface area contributed by atoms with Crippen molar-refractivity contribution in [1.29, 1.82) is 0 Å². The molecule has 5 nitrogen and oxygen atoms in total. The van der Waals surface area contributed by atoms with Crippen molar-refractivity contribution in [2.24, 2.45) is 0 Å². The van der Waals surface area contributed by atoms with E-state index in [1.54, 1.807) is 13.2 Å². The first-order chi connectivity index (χ1) is 15.0. The third-order valence-corrected chi connectivity index (χ3v) is 6.92. The summed E-state index contributed by atoms with van der Waals surface area (Å²) in [6, 6.07) is 15.0. The smallest absolute Gasteiger partial charge is 0.267 e. The SMILES string of the molecule is COc1cccc(NC(=O)c2sc3nc4c(c(-c5ccc(Cl)cc5)c3c2N)CCC4)c1. The van der Waals surface area contributed by atoms with E-state index in [4.69, 9.17) is 27.1 Å². The summed E-state index contributed by atoms with van der Waals surface area (Å²) in [5, 5.41) is 4.46. The quantitative estimate of drug-likeness (QED) is 0.403. The van der Waals surface area contributed by atoms with Gasteiger partial charge in [-0.2, -0.15) is 0 Å². The van der Waals surface area contributed by atoms with Gasteiger partial charge in [-0.1, -0.05) is 29.8 Å². The van der Waals surface area contributed by atoms with E-state index in [2.05, 4.69) is 5.32 Å². The Kier molecular flexibility index (Phi) is 5.04. The molecule has 0 spiro atoms. The van der Waals surface area contributed by atoms with Crippen LogP contribution in [0.3, 0.4) is 0 Å². The van der Waals surface area contributed by atoms with Crippen LogP contribution in [-0.2, 0) is 12.8 Å². The lowest BCUT2D eigenvalue weighted by Gasteiger charge is -2.11. The maximum absolute atomic E-state index is 13.1. The fourth-order valence-electron chi connectivity index (χ4n) is 4.14. The Labute approximate surface area is 188 Å². The zero-order valence-electron chi connectivity index (χ0n) is 16.9. The molecule has 1 aliphatic carbocycles. The normalized spacial score (nSPS) is 12.7. The van der Waals surface area contributed by atoms with E-state index in [0.717, 1.165) is 46.3 Å². The van der Waals surface area contributed by atoms with E-state index >= 15 is 0 Å². The zero-order valence-corrected chi connectivity index (χ0v) is 18.4. The average Bonchev–Trinajstić information content (AvgIpc) is 3.37. The number of thiophene rings is 1. The first kappa shape index (κ1) is 19.8. The van der Waals surface area contributed by atoms with Gasteiger partial charge in [-0.25, -0.2) is 4.98 Å². The van der Waals surface area contributed by atoms with E-state index in [0.29, 0.717) is 27.0 Å². The van der Waals surface area contributed by atoms with Crippen LogP contribution in [0.1, 0.15) is 27.3 Å². The molecule has 2 aromatic heterocycles. The number of hydrogen-bond donors (Lipinski definition) is 2. The topological polar surface area (TPSA) is 77.2 Å². The first-order valence-corrected chi connectivity index (χ1v) is 11.2. The van der Waals surface area contributed by atoms with Crippen LogP contribution in [-0.4, -0.2) is 18.0 Å². The monoisotopic (exact) mass is 449 g/mol. The number of pyridine rings is 1. The van der Waals surface area contributed by atoms with Gasteiger partial charge in [0.15, 0.2) is 0 Å². The molecule has 5 rings (SSSR count). The predicted molar refractivity (Wildman–Crippen MR) is 127 cm³/mol. The number of fused-ring (bicyclic) bond motifs is 2. The van der Waals surface area contributed by atoms with Gasteiger partial charge in [0.05, 0.1) is 12.8 Å². The molecule has 3 N–H and O–H groups in total. The van der Waals surface area contributed by atoms with Crippen LogP contribution in [0.15, 0.2) is 48.5 Å². The molecule has 0 fully saturated rings. The lowest BCUT2D eigenvalue weighted by molar-refractivity contribution is 0.103. The molecule has 2 aromatic carbocycles. The van der Waals surface area contributed by atoms with E-state index in [9.17, 15) is 4.79 Å². The number of anilines is 2. The van der Waals surface area contributed by atoms with Gasteiger partial charge in [0.25, 0.3) is 5.91 Å². The third-order valence-electron chi connectivity index (χ3n) is 5.57. The summed E-state index contributed by atoms with van der Waals surface area (Å²) in [6.45, 7) is 0. The van der Waals surface area contributed by atoms with Crippen molar-refractivity contribution in [2.75, 3.05) is 18.2 Å². The minimum atomic E-state index is -0.254. The number of aryl methyl sites for hydroxylation is 1. The number of hydrogen-bond acceptors (Lipinski definition) is 5. The number of nitrogen functional groups attached to an aromatic ring is 1. The molecule has 0 radical (unpaired) electrons. The average molecular weight is 450 g/mol. The second-order valence-corrected chi connectivity index (χ2v) is 8.92. The third kappa shape index (κ3) is 3.52. The molecular formula is C24H20ClN3O2S. The summed E-state index contributed by atoms with van der Waals surface area (Å²) in [5.41, 5.74) is 12.1. The maximum atomic E-state index is 13.1. The molecule has 2 heterocycles. The number of nitrogens with two attached hydrogens (primary N) is 1. The molecule has 156 valence electrons. The number of rotatable bonds is 4. The number of methoxy groups -OCH3 is 1. The van der Waals surface area contributed by atoms with Crippen molar-refractivity contribution >= 4 is 50.4 Å². The molecular weight excluding hydrogens is 430 g/mol. The Morgan fingerprint density at radius 1 is 1.19 bits per heavy atom. The fourth-order valence-corrected chi connectivity index (χ4v) is 5.28. The highest BCUT2D eigenvalue weighted by Crippen LogP contribution is 2.44. The zero-order chi connectivity index (χ0) is 21.5. The van der Waals surface area contributed by atoms with Crippen LogP contribution >= 0.6 is 22.9 Å². The Balaban J connectivity index is 1.63. The lowest BCUT2D eigenvalue weighted by Crippen LogP contribution is -2.12. The fraction of sp³-hybridized carbons (Fsp3) is 0.167. The summed E-state index contributed by atoms with van der Waals surface area (Å²) < 4.78 is 5.24. The number of carbonyl (C=O) groups is 1.